The molecule has 1 aliphatic rings. The van der Waals surface area contributed by atoms with E-state index in [1.165, 1.54) is 28.6 Å². The molecule has 0 unspecified atom stereocenters. The van der Waals surface area contributed by atoms with E-state index in [0.717, 1.165) is 24.8 Å². The molecule has 0 amide bonds. The van der Waals surface area contributed by atoms with Crippen LogP contribution in [0.1, 0.15) is 24.8 Å². The predicted octanol–water partition coefficient (Wildman–Crippen LogP) is 3.73. The van der Waals surface area contributed by atoms with E-state index in [-0.39, 0.29) is 9.79 Å². The largest absolute Gasteiger partial charge is 0.278 e. The lowest BCUT2D eigenvalue weighted by atomic mass is 10.2. The lowest BCUT2D eigenvalue weighted by Crippen LogP contribution is -2.35. The molecule has 0 saturated carbocycles. The molecule has 9 heteroatoms. The molecule has 1 fully saturated rings. The monoisotopic (exact) mass is 472 g/mol. The molecule has 1 saturated heterocycles. The molecule has 0 aromatic heterocycles. The normalized spacial score (nSPS) is 16.2. The molecule has 2 aromatic carbocycles. The van der Waals surface area contributed by atoms with Crippen LogP contribution in [-0.4, -0.2) is 34.2 Å². The van der Waals surface area contributed by atoms with Crippen LogP contribution in [0.25, 0.3) is 0 Å². The van der Waals surface area contributed by atoms with Gasteiger partial charge in [0, 0.05) is 17.6 Å². The van der Waals surface area contributed by atoms with Gasteiger partial charge in [-0.2, -0.15) is 4.31 Å². The lowest BCUT2D eigenvalue weighted by molar-refractivity contribution is 0.346. The van der Waals surface area contributed by atoms with E-state index in [1.54, 1.807) is 12.1 Å². The summed E-state index contributed by atoms with van der Waals surface area (Å²) in [5, 5.41) is 0. The van der Waals surface area contributed by atoms with Gasteiger partial charge in [0.1, 0.15) is 0 Å². The zero-order valence-electron chi connectivity index (χ0n) is 14.9. The molecule has 3 rings (SSSR count). The number of piperidine rings is 1. The molecule has 27 heavy (non-hydrogen) atoms. The molecule has 1 N–H and O–H groups in total. The third-order valence-corrected chi connectivity index (χ3v) is 8.41. The number of nitrogens with zero attached hydrogens (tertiary/aromatic N) is 1. The SMILES string of the molecule is Cc1ccc(NS(=O)(=O)c2ccc(S(=O)(=O)N3CCCCC3)cc2)c(Br)c1. The van der Waals surface area contributed by atoms with Crippen LogP contribution in [0.5, 0.6) is 0 Å². The van der Waals surface area contributed by atoms with Gasteiger partial charge in [-0.25, -0.2) is 16.8 Å². The summed E-state index contributed by atoms with van der Waals surface area (Å²) < 4.78 is 55.2. The maximum atomic E-state index is 12.7. The zero-order valence-corrected chi connectivity index (χ0v) is 18.1. The van der Waals surface area contributed by atoms with Gasteiger partial charge in [0.15, 0.2) is 0 Å². The minimum absolute atomic E-state index is 0.00701. The Kier molecular flexibility index (Phi) is 5.95. The molecule has 6 nitrogen and oxygen atoms in total. The average Bonchev–Trinajstić information content (AvgIpc) is 2.65. The first-order valence-corrected chi connectivity index (χ1v) is 12.3. The summed E-state index contributed by atoms with van der Waals surface area (Å²) in [6.07, 6.45) is 2.73. The molecule has 2 aromatic rings. The lowest BCUT2D eigenvalue weighted by Gasteiger charge is -2.25. The van der Waals surface area contributed by atoms with Gasteiger partial charge >= 0.3 is 0 Å². The molecule has 1 heterocycles. The number of hydrogen-bond donors (Lipinski definition) is 1. The Hall–Kier alpha value is -1.42. The third kappa shape index (κ3) is 4.53. The zero-order chi connectivity index (χ0) is 19.7. The molecule has 0 atom stereocenters. The minimum Gasteiger partial charge on any atom is -0.278 e. The molecule has 0 radical (unpaired) electrons. The van der Waals surface area contributed by atoms with Gasteiger partial charge in [0.2, 0.25) is 10.0 Å². The van der Waals surface area contributed by atoms with Gasteiger partial charge in [0.05, 0.1) is 15.5 Å². The Labute approximate surface area is 168 Å². The van der Waals surface area contributed by atoms with Crippen molar-refractivity contribution in [3.05, 3.63) is 52.5 Å². The van der Waals surface area contributed by atoms with Crippen molar-refractivity contribution in [3.63, 3.8) is 0 Å². The van der Waals surface area contributed by atoms with Crippen LogP contribution >= 0.6 is 15.9 Å². The van der Waals surface area contributed by atoms with Crippen molar-refractivity contribution < 1.29 is 16.8 Å². The number of sulfonamides is 2. The first-order chi connectivity index (χ1) is 12.7. The summed E-state index contributed by atoms with van der Waals surface area (Å²) in [7, 11) is -7.41. The quantitative estimate of drug-likeness (QED) is 0.718. The van der Waals surface area contributed by atoms with Crippen molar-refractivity contribution in [3.8, 4) is 0 Å². The van der Waals surface area contributed by atoms with Crippen molar-refractivity contribution in [1.29, 1.82) is 0 Å². The van der Waals surface area contributed by atoms with Crippen LogP contribution in [0.3, 0.4) is 0 Å². The van der Waals surface area contributed by atoms with Crippen LogP contribution < -0.4 is 4.72 Å². The van der Waals surface area contributed by atoms with Crippen LogP contribution in [0, 0.1) is 6.92 Å². The van der Waals surface area contributed by atoms with Gasteiger partial charge in [0.25, 0.3) is 10.0 Å². The maximum Gasteiger partial charge on any atom is 0.261 e. The van der Waals surface area contributed by atoms with E-state index in [1.807, 2.05) is 13.0 Å². The minimum atomic E-state index is -3.82. The molecule has 0 bridgehead atoms. The fraction of sp³-hybridized carbons (Fsp3) is 0.333. The Morgan fingerprint density at radius 3 is 2.07 bits per heavy atom. The molecule has 1 aliphatic heterocycles. The summed E-state index contributed by atoms with van der Waals surface area (Å²) >= 11 is 3.34. The van der Waals surface area contributed by atoms with Crippen LogP contribution in [0.15, 0.2) is 56.7 Å². The van der Waals surface area contributed by atoms with E-state index in [9.17, 15) is 16.8 Å². The number of halogens is 1. The number of anilines is 1. The van der Waals surface area contributed by atoms with E-state index in [4.69, 9.17) is 0 Å². The number of hydrogen-bond acceptors (Lipinski definition) is 4. The molecule has 0 aliphatic carbocycles. The smallest absolute Gasteiger partial charge is 0.261 e. The first-order valence-electron chi connectivity index (χ1n) is 8.59. The fourth-order valence-electron chi connectivity index (χ4n) is 2.95. The van der Waals surface area contributed by atoms with Crippen molar-refractivity contribution in [2.45, 2.75) is 36.0 Å². The van der Waals surface area contributed by atoms with Crippen molar-refractivity contribution in [1.82, 2.24) is 4.31 Å². The summed E-state index contributed by atoms with van der Waals surface area (Å²) in [6.45, 7) is 2.92. The third-order valence-electron chi connectivity index (χ3n) is 4.46. The maximum absolute atomic E-state index is 12.7. The second-order valence-corrected chi connectivity index (χ2v) is 11.0. The van der Waals surface area contributed by atoms with Gasteiger partial charge in [-0.15, -0.1) is 0 Å². The predicted molar refractivity (Wildman–Crippen MR) is 109 cm³/mol. The van der Waals surface area contributed by atoms with Crippen molar-refractivity contribution in [2.75, 3.05) is 17.8 Å². The summed E-state index contributed by atoms with van der Waals surface area (Å²) in [5.74, 6) is 0. The highest BCUT2D eigenvalue weighted by Gasteiger charge is 2.26. The van der Waals surface area contributed by atoms with Gasteiger partial charge in [-0.05, 0) is 77.7 Å². The topological polar surface area (TPSA) is 83.5 Å². The van der Waals surface area contributed by atoms with Crippen LogP contribution in [-0.2, 0) is 20.0 Å². The summed E-state index contributed by atoms with van der Waals surface area (Å²) in [5.41, 5.74) is 1.42. The Balaban J connectivity index is 1.83. The van der Waals surface area contributed by atoms with Gasteiger partial charge in [-0.3, -0.25) is 4.72 Å². The Morgan fingerprint density at radius 2 is 1.48 bits per heavy atom. The van der Waals surface area contributed by atoms with Gasteiger partial charge < -0.3 is 0 Å². The van der Waals surface area contributed by atoms with Crippen LogP contribution in [0.4, 0.5) is 5.69 Å². The molecule has 146 valence electrons. The van der Waals surface area contributed by atoms with E-state index in [0.29, 0.717) is 23.2 Å². The van der Waals surface area contributed by atoms with E-state index in [2.05, 4.69) is 20.7 Å². The second kappa shape index (κ2) is 7.90. The number of nitrogens with one attached hydrogen (secondary N) is 1. The fourth-order valence-corrected chi connectivity index (χ4v) is 6.27. The summed E-state index contributed by atoms with van der Waals surface area (Å²) in [6, 6.07) is 10.6. The first kappa shape index (κ1) is 20.3. The van der Waals surface area contributed by atoms with E-state index >= 15 is 0 Å². The molecular formula is C18H21BrN2O4S2. The van der Waals surface area contributed by atoms with Crippen molar-refractivity contribution >= 4 is 41.7 Å². The van der Waals surface area contributed by atoms with Crippen molar-refractivity contribution in [2.24, 2.45) is 0 Å². The second-order valence-electron chi connectivity index (χ2n) is 6.52. The highest BCUT2D eigenvalue weighted by molar-refractivity contribution is 9.10. The standard InChI is InChI=1S/C18H21BrN2O4S2/c1-14-5-10-18(17(19)13-14)20-26(22,23)15-6-8-16(9-7-15)27(24,25)21-11-3-2-4-12-21/h5-10,13,20H,2-4,11-12H2,1H3. The number of rotatable bonds is 5. The number of benzene rings is 2. The Morgan fingerprint density at radius 1 is 0.889 bits per heavy atom. The highest BCUT2D eigenvalue weighted by atomic mass is 79.9. The van der Waals surface area contributed by atoms with Gasteiger partial charge in [-0.1, -0.05) is 12.5 Å². The van der Waals surface area contributed by atoms with E-state index < -0.39 is 20.0 Å². The molecule has 0 spiro atoms. The summed E-state index contributed by atoms with van der Waals surface area (Å²) in [4.78, 5) is 0.118. The average molecular weight is 473 g/mol. The number of aryl methyl sites for hydroxylation is 1. The highest BCUT2D eigenvalue weighted by Crippen LogP contribution is 2.27. The van der Waals surface area contributed by atoms with Crippen LogP contribution in [0.2, 0.25) is 0 Å². The molecular weight excluding hydrogens is 452 g/mol. The Bertz CT molecular complexity index is 1030.